The molecule has 5 nitrogen and oxygen atoms in total. The van der Waals surface area contributed by atoms with Gasteiger partial charge in [0.05, 0.1) is 13.1 Å². The number of amides is 1. The van der Waals surface area contributed by atoms with Crippen molar-refractivity contribution in [2.75, 3.05) is 6.54 Å². The Hall–Kier alpha value is -1.49. The van der Waals surface area contributed by atoms with Crippen molar-refractivity contribution in [1.82, 2.24) is 15.3 Å². The number of hydrogen-bond acceptors (Lipinski definition) is 4. The van der Waals surface area contributed by atoms with Crippen LogP contribution in [0.15, 0.2) is 12.3 Å². The van der Waals surface area contributed by atoms with E-state index in [0.717, 1.165) is 5.69 Å². The third-order valence-corrected chi connectivity index (χ3v) is 1.47. The zero-order valence-corrected chi connectivity index (χ0v) is 7.45. The first kappa shape index (κ1) is 9.60. The highest BCUT2D eigenvalue weighted by Gasteiger charge is 1.99. The Bertz CT molecular complexity index is 300. The lowest BCUT2D eigenvalue weighted by Gasteiger charge is -2.02. The predicted octanol–water partition coefficient (Wildman–Crippen LogP) is -0.640. The number of hydrogen-bond donors (Lipinski definition) is 2. The minimum absolute atomic E-state index is 0.00812. The summed E-state index contributed by atoms with van der Waals surface area (Å²) in [6, 6.07) is 1.80. The van der Waals surface area contributed by atoms with Crippen LogP contribution in [0.5, 0.6) is 0 Å². The van der Waals surface area contributed by atoms with Crippen molar-refractivity contribution in [1.29, 1.82) is 0 Å². The van der Waals surface area contributed by atoms with Crippen molar-refractivity contribution in [3.8, 4) is 0 Å². The maximum Gasteiger partial charge on any atom is 0.234 e. The fraction of sp³-hybridized carbons (Fsp3) is 0.375. The monoisotopic (exact) mass is 180 g/mol. The van der Waals surface area contributed by atoms with E-state index in [2.05, 4.69) is 15.3 Å². The molecule has 0 aliphatic carbocycles. The van der Waals surface area contributed by atoms with Crippen LogP contribution in [-0.2, 0) is 11.3 Å². The van der Waals surface area contributed by atoms with Crippen molar-refractivity contribution in [2.24, 2.45) is 5.73 Å². The molecule has 1 aromatic rings. The minimum atomic E-state index is -0.204. The van der Waals surface area contributed by atoms with Gasteiger partial charge < -0.3 is 11.1 Å². The first-order valence-corrected chi connectivity index (χ1v) is 3.97. The molecular formula is C8H12N4O. The summed E-state index contributed by atoms with van der Waals surface area (Å²) in [5.41, 5.74) is 5.99. The van der Waals surface area contributed by atoms with Gasteiger partial charge in [0.1, 0.15) is 5.82 Å². The van der Waals surface area contributed by atoms with E-state index < -0.39 is 0 Å². The highest BCUT2D eigenvalue weighted by molar-refractivity contribution is 5.77. The summed E-state index contributed by atoms with van der Waals surface area (Å²) in [4.78, 5) is 18.9. The second kappa shape index (κ2) is 4.51. The lowest BCUT2D eigenvalue weighted by atomic mass is 10.4. The van der Waals surface area contributed by atoms with Gasteiger partial charge in [-0.2, -0.15) is 0 Å². The van der Waals surface area contributed by atoms with Gasteiger partial charge in [0.2, 0.25) is 5.91 Å². The van der Waals surface area contributed by atoms with Gasteiger partial charge in [0.15, 0.2) is 0 Å². The minimum Gasteiger partial charge on any atom is -0.348 e. The highest BCUT2D eigenvalue weighted by Crippen LogP contribution is 1.92. The van der Waals surface area contributed by atoms with Crippen LogP contribution >= 0.6 is 0 Å². The molecule has 0 aliphatic heterocycles. The van der Waals surface area contributed by atoms with Crippen molar-refractivity contribution in [3.05, 3.63) is 23.8 Å². The lowest BCUT2D eigenvalue weighted by molar-refractivity contribution is -0.119. The number of carbonyl (C=O) groups excluding carboxylic acids is 1. The van der Waals surface area contributed by atoms with Crippen molar-refractivity contribution in [2.45, 2.75) is 13.5 Å². The molecule has 1 rings (SSSR count). The summed E-state index contributed by atoms with van der Waals surface area (Å²) in [5, 5.41) is 2.59. The molecule has 1 aromatic heterocycles. The Morgan fingerprint density at radius 3 is 3.08 bits per heavy atom. The number of aryl methyl sites for hydroxylation is 1. The number of nitrogens with zero attached hydrogens (tertiary/aromatic N) is 2. The Balaban J connectivity index is 2.50. The molecule has 0 aromatic carbocycles. The first-order valence-electron chi connectivity index (χ1n) is 3.97. The average Bonchev–Trinajstić information content (AvgIpc) is 2.14. The molecule has 0 bridgehead atoms. The lowest BCUT2D eigenvalue weighted by Crippen LogP contribution is -2.30. The molecule has 0 spiro atoms. The largest absolute Gasteiger partial charge is 0.348 e. The average molecular weight is 180 g/mol. The van der Waals surface area contributed by atoms with Gasteiger partial charge in [-0.25, -0.2) is 9.97 Å². The van der Waals surface area contributed by atoms with E-state index in [4.69, 9.17) is 5.73 Å². The fourth-order valence-corrected chi connectivity index (χ4v) is 0.836. The summed E-state index contributed by atoms with van der Waals surface area (Å²) < 4.78 is 0. The molecule has 5 heteroatoms. The molecular weight excluding hydrogens is 168 g/mol. The number of rotatable bonds is 3. The summed E-state index contributed by atoms with van der Waals surface area (Å²) in [6.45, 7) is 2.19. The van der Waals surface area contributed by atoms with Crippen molar-refractivity contribution < 1.29 is 4.79 Å². The predicted molar refractivity (Wildman–Crippen MR) is 47.7 cm³/mol. The van der Waals surface area contributed by atoms with E-state index >= 15 is 0 Å². The number of aromatic nitrogens is 2. The molecule has 0 saturated carbocycles. The second-order valence-electron chi connectivity index (χ2n) is 2.60. The van der Waals surface area contributed by atoms with Gasteiger partial charge in [-0.3, -0.25) is 4.79 Å². The number of nitrogens with one attached hydrogen (secondary N) is 1. The van der Waals surface area contributed by atoms with Gasteiger partial charge in [0, 0.05) is 11.9 Å². The van der Waals surface area contributed by atoms with Crippen molar-refractivity contribution >= 4 is 5.91 Å². The van der Waals surface area contributed by atoms with Crippen LogP contribution in [0.4, 0.5) is 0 Å². The van der Waals surface area contributed by atoms with Crippen LogP contribution in [0, 0.1) is 6.92 Å². The summed E-state index contributed by atoms with van der Waals surface area (Å²) in [7, 11) is 0. The molecule has 1 amide bonds. The molecule has 0 fully saturated rings. The second-order valence-corrected chi connectivity index (χ2v) is 2.60. The maximum absolute atomic E-state index is 10.8. The van der Waals surface area contributed by atoms with Gasteiger partial charge in [0.25, 0.3) is 0 Å². The summed E-state index contributed by atoms with van der Waals surface area (Å²) in [6.07, 6.45) is 1.66. The molecule has 0 saturated heterocycles. The summed E-state index contributed by atoms with van der Waals surface area (Å²) in [5.74, 6) is 0.395. The van der Waals surface area contributed by atoms with Crippen LogP contribution in [0.3, 0.4) is 0 Å². The van der Waals surface area contributed by atoms with Crippen LogP contribution in [0.2, 0.25) is 0 Å². The molecule has 0 unspecified atom stereocenters. The zero-order valence-electron chi connectivity index (χ0n) is 7.45. The molecule has 1 heterocycles. The Morgan fingerprint density at radius 2 is 2.46 bits per heavy atom. The van der Waals surface area contributed by atoms with Crippen LogP contribution in [0.1, 0.15) is 11.5 Å². The quantitative estimate of drug-likeness (QED) is 0.648. The van der Waals surface area contributed by atoms with E-state index in [0.29, 0.717) is 12.4 Å². The van der Waals surface area contributed by atoms with Gasteiger partial charge in [-0.05, 0) is 13.0 Å². The van der Waals surface area contributed by atoms with Crippen LogP contribution in [0.25, 0.3) is 0 Å². The van der Waals surface area contributed by atoms with E-state index in [-0.39, 0.29) is 12.5 Å². The molecule has 3 N–H and O–H groups in total. The number of nitrogens with two attached hydrogens (primary N) is 1. The molecule has 0 aliphatic rings. The van der Waals surface area contributed by atoms with E-state index in [1.807, 2.05) is 6.92 Å². The van der Waals surface area contributed by atoms with E-state index in [9.17, 15) is 4.79 Å². The Kier molecular flexibility index (Phi) is 3.33. The maximum atomic E-state index is 10.8. The fourth-order valence-electron chi connectivity index (χ4n) is 0.836. The van der Waals surface area contributed by atoms with Gasteiger partial charge in [-0.1, -0.05) is 0 Å². The SMILES string of the molecule is Cc1ccnc(CNC(=O)CN)n1. The first-order chi connectivity index (χ1) is 6.22. The summed E-state index contributed by atoms with van der Waals surface area (Å²) >= 11 is 0. The molecule has 0 atom stereocenters. The normalized spacial score (nSPS) is 9.69. The smallest absolute Gasteiger partial charge is 0.234 e. The molecule has 0 radical (unpaired) electrons. The van der Waals surface area contributed by atoms with E-state index in [1.165, 1.54) is 0 Å². The topological polar surface area (TPSA) is 80.9 Å². The third-order valence-electron chi connectivity index (χ3n) is 1.47. The van der Waals surface area contributed by atoms with Gasteiger partial charge in [-0.15, -0.1) is 0 Å². The Morgan fingerprint density at radius 1 is 1.69 bits per heavy atom. The number of carbonyl (C=O) groups is 1. The van der Waals surface area contributed by atoms with Crippen molar-refractivity contribution in [3.63, 3.8) is 0 Å². The highest BCUT2D eigenvalue weighted by atomic mass is 16.1. The standard InChI is InChI=1S/C8H12N4O/c1-6-2-3-10-7(12-6)5-11-8(13)4-9/h2-3H,4-5,9H2,1H3,(H,11,13). The van der Waals surface area contributed by atoms with Gasteiger partial charge >= 0.3 is 0 Å². The van der Waals surface area contributed by atoms with Crippen LogP contribution < -0.4 is 11.1 Å². The third kappa shape index (κ3) is 3.16. The zero-order chi connectivity index (χ0) is 9.68. The Labute approximate surface area is 76.4 Å². The molecule has 13 heavy (non-hydrogen) atoms. The molecule has 70 valence electrons. The van der Waals surface area contributed by atoms with Crippen LogP contribution in [-0.4, -0.2) is 22.4 Å². The van der Waals surface area contributed by atoms with E-state index in [1.54, 1.807) is 12.3 Å².